The van der Waals surface area contributed by atoms with E-state index >= 15 is 0 Å². The zero-order valence-electron chi connectivity index (χ0n) is 13.0. The molecule has 0 spiro atoms. The number of fused-ring (bicyclic) bond motifs is 1. The number of nitrogens with one attached hydrogen (secondary N) is 1. The van der Waals surface area contributed by atoms with Gasteiger partial charge in [-0.25, -0.2) is 4.79 Å². The molecule has 0 saturated carbocycles. The molecule has 1 aliphatic carbocycles. The number of hydrogen-bond acceptors (Lipinski definition) is 6. The first kappa shape index (κ1) is 15.7. The third-order valence-corrected chi connectivity index (χ3v) is 4.96. The number of rotatable bonds is 5. The molecule has 2 aromatic rings. The van der Waals surface area contributed by atoms with Crippen molar-refractivity contribution in [1.82, 2.24) is 5.16 Å². The van der Waals surface area contributed by atoms with Crippen LogP contribution in [0.2, 0.25) is 0 Å². The summed E-state index contributed by atoms with van der Waals surface area (Å²) in [5.41, 5.74) is 1.23. The van der Waals surface area contributed by atoms with Crippen molar-refractivity contribution in [2.75, 3.05) is 5.32 Å². The van der Waals surface area contributed by atoms with E-state index in [1.165, 1.54) is 21.8 Å². The van der Waals surface area contributed by atoms with Gasteiger partial charge >= 0.3 is 5.97 Å². The topological polar surface area (TPSA) is 81.4 Å². The van der Waals surface area contributed by atoms with Gasteiger partial charge in [-0.05, 0) is 44.2 Å². The van der Waals surface area contributed by atoms with Crippen molar-refractivity contribution in [3.8, 4) is 0 Å². The molecule has 0 radical (unpaired) electrons. The van der Waals surface area contributed by atoms with Crippen molar-refractivity contribution < 1.29 is 18.8 Å². The third kappa shape index (κ3) is 3.44. The molecular formula is C16H18N2O4S. The fourth-order valence-corrected chi connectivity index (χ4v) is 3.71. The maximum Gasteiger partial charge on any atom is 0.349 e. The molecule has 2 heterocycles. The van der Waals surface area contributed by atoms with Crippen LogP contribution in [-0.2, 0) is 22.4 Å². The molecular weight excluding hydrogens is 316 g/mol. The van der Waals surface area contributed by atoms with Crippen LogP contribution in [0.4, 0.5) is 5.82 Å². The van der Waals surface area contributed by atoms with Crippen LogP contribution in [0.5, 0.6) is 0 Å². The van der Waals surface area contributed by atoms with Gasteiger partial charge in [0.1, 0.15) is 10.6 Å². The number of aromatic nitrogens is 1. The molecule has 1 N–H and O–H groups in total. The quantitative estimate of drug-likeness (QED) is 0.850. The second kappa shape index (κ2) is 6.54. The summed E-state index contributed by atoms with van der Waals surface area (Å²) in [5, 5.41) is 6.29. The van der Waals surface area contributed by atoms with Gasteiger partial charge in [-0.15, -0.1) is 11.3 Å². The fourth-order valence-electron chi connectivity index (χ4n) is 2.57. The van der Waals surface area contributed by atoms with Crippen molar-refractivity contribution in [3.63, 3.8) is 0 Å². The maximum absolute atomic E-state index is 12.3. The third-order valence-electron chi connectivity index (χ3n) is 3.74. The molecule has 6 nitrogen and oxygen atoms in total. The van der Waals surface area contributed by atoms with E-state index < -0.39 is 18.0 Å². The summed E-state index contributed by atoms with van der Waals surface area (Å²) < 4.78 is 10.3. The van der Waals surface area contributed by atoms with Gasteiger partial charge in [-0.1, -0.05) is 12.1 Å². The number of thiophene rings is 1. The van der Waals surface area contributed by atoms with Gasteiger partial charge in [0.05, 0.1) is 0 Å². The second-order valence-electron chi connectivity index (χ2n) is 5.53. The average molecular weight is 334 g/mol. The Bertz CT molecular complexity index is 713. The van der Waals surface area contributed by atoms with Crippen LogP contribution < -0.4 is 5.32 Å². The van der Waals surface area contributed by atoms with Crippen molar-refractivity contribution in [1.29, 1.82) is 0 Å². The molecule has 1 amide bonds. The number of carbonyl (C=O) groups excluding carboxylic acids is 2. The summed E-state index contributed by atoms with van der Waals surface area (Å²) in [6.45, 7) is 3.52. The first-order chi connectivity index (χ1) is 11.1. The largest absolute Gasteiger partial charge is 0.448 e. The van der Waals surface area contributed by atoms with Crippen LogP contribution >= 0.6 is 11.3 Å². The summed E-state index contributed by atoms with van der Waals surface area (Å²) in [6.07, 6.45) is 2.72. The molecule has 1 aliphatic rings. The number of ether oxygens (including phenoxy) is 1. The summed E-state index contributed by atoms with van der Waals surface area (Å²) in [6, 6.07) is 3.50. The highest BCUT2D eigenvalue weighted by Gasteiger charge is 2.25. The first-order valence-corrected chi connectivity index (χ1v) is 8.45. The van der Waals surface area contributed by atoms with E-state index in [4.69, 9.17) is 9.26 Å². The van der Waals surface area contributed by atoms with E-state index in [1.54, 1.807) is 19.9 Å². The Balaban J connectivity index is 1.63. The number of nitrogens with zero attached hydrogens (tertiary/aromatic N) is 1. The predicted octanol–water partition coefficient (Wildman–Crippen LogP) is 3.11. The van der Waals surface area contributed by atoms with Crippen LogP contribution in [0.3, 0.4) is 0 Å². The average Bonchev–Trinajstić information content (AvgIpc) is 3.20. The molecule has 0 aliphatic heterocycles. The van der Waals surface area contributed by atoms with E-state index in [1.807, 2.05) is 6.07 Å². The standard InChI is InChI=1S/C16H18N2O4S/c1-3-11(15(19)17-14-7-9(2)22-18-14)21-16(20)13-8-10-5-4-6-12(10)23-13/h7-8,11H,3-6H2,1-2H3,(H,17,18,19)/t11-/m1/s1. The molecule has 0 bridgehead atoms. The number of anilines is 1. The highest BCUT2D eigenvalue weighted by molar-refractivity contribution is 7.14. The van der Waals surface area contributed by atoms with Gasteiger partial charge in [0.25, 0.3) is 5.91 Å². The van der Waals surface area contributed by atoms with E-state index in [-0.39, 0.29) is 0 Å². The smallest absolute Gasteiger partial charge is 0.349 e. The van der Waals surface area contributed by atoms with Crippen LogP contribution in [0.25, 0.3) is 0 Å². The summed E-state index contributed by atoms with van der Waals surface area (Å²) in [5.74, 6) is 0.0662. The summed E-state index contributed by atoms with van der Waals surface area (Å²) in [4.78, 5) is 26.3. The Morgan fingerprint density at radius 3 is 2.91 bits per heavy atom. The Hall–Kier alpha value is -2.15. The lowest BCUT2D eigenvalue weighted by Crippen LogP contribution is -2.32. The molecule has 0 aromatic carbocycles. The van der Waals surface area contributed by atoms with Gasteiger partial charge in [0.15, 0.2) is 11.9 Å². The lowest BCUT2D eigenvalue weighted by atomic mass is 10.2. The molecule has 7 heteroatoms. The van der Waals surface area contributed by atoms with E-state index in [0.29, 0.717) is 22.9 Å². The zero-order chi connectivity index (χ0) is 16.4. The number of amides is 1. The van der Waals surface area contributed by atoms with Crippen LogP contribution in [-0.4, -0.2) is 23.1 Å². The van der Waals surface area contributed by atoms with Gasteiger partial charge in [0, 0.05) is 10.9 Å². The first-order valence-electron chi connectivity index (χ1n) is 7.63. The molecule has 3 rings (SSSR count). The minimum Gasteiger partial charge on any atom is -0.448 e. The van der Waals surface area contributed by atoms with Gasteiger partial charge in [-0.3, -0.25) is 4.79 Å². The lowest BCUT2D eigenvalue weighted by molar-refractivity contribution is -0.124. The van der Waals surface area contributed by atoms with Gasteiger partial charge in [-0.2, -0.15) is 0 Å². The van der Waals surface area contributed by atoms with Crippen molar-refractivity contribution >= 4 is 29.0 Å². The van der Waals surface area contributed by atoms with Crippen molar-refractivity contribution in [2.45, 2.75) is 45.6 Å². The SMILES string of the molecule is CC[C@@H](OC(=O)c1cc2c(s1)CCC2)C(=O)Nc1cc(C)on1. The minimum atomic E-state index is -0.851. The molecule has 23 heavy (non-hydrogen) atoms. The lowest BCUT2D eigenvalue weighted by Gasteiger charge is -2.14. The van der Waals surface area contributed by atoms with Gasteiger partial charge in [0.2, 0.25) is 0 Å². The number of esters is 1. The Morgan fingerprint density at radius 2 is 2.26 bits per heavy atom. The minimum absolute atomic E-state index is 0.317. The van der Waals surface area contributed by atoms with E-state index in [9.17, 15) is 9.59 Å². The molecule has 1 atom stereocenters. The Morgan fingerprint density at radius 1 is 1.43 bits per heavy atom. The normalized spacial score (nSPS) is 14.3. The van der Waals surface area contributed by atoms with Crippen molar-refractivity contribution in [3.05, 3.63) is 33.2 Å². The number of hydrogen-bond donors (Lipinski definition) is 1. The van der Waals surface area contributed by atoms with E-state index in [2.05, 4.69) is 10.5 Å². The summed E-state index contributed by atoms with van der Waals surface area (Å²) >= 11 is 1.47. The fraction of sp³-hybridized carbons (Fsp3) is 0.438. The maximum atomic E-state index is 12.3. The zero-order valence-corrected chi connectivity index (χ0v) is 13.9. The van der Waals surface area contributed by atoms with Crippen LogP contribution in [0.15, 0.2) is 16.7 Å². The highest BCUT2D eigenvalue weighted by Crippen LogP contribution is 2.31. The Labute approximate surface area is 137 Å². The Kier molecular flexibility index (Phi) is 4.47. The summed E-state index contributed by atoms with van der Waals surface area (Å²) in [7, 11) is 0. The second-order valence-corrected chi connectivity index (χ2v) is 6.66. The molecule has 0 fully saturated rings. The predicted molar refractivity (Wildman–Crippen MR) is 85.7 cm³/mol. The molecule has 2 aromatic heterocycles. The van der Waals surface area contributed by atoms with Crippen LogP contribution in [0.1, 0.15) is 45.6 Å². The number of aryl methyl sites for hydroxylation is 3. The molecule has 0 saturated heterocycles. The van der Waals surface area contributed by atoms with E-state index in [0.717, 1.165) is 19.3 Å². The van der Waals surface area contributed by atoms with Crippen molar-refractivity contribution in [2.24, 2.45) is 0 Å². The monoisotopic (exact) mass is 334 g/mol. The van der Waals surface area contributed by atoms with Crippen LogP contribution in [0, 0.1) is 6.92 Å². The number of carbonyl (C=O) groups is 2. The molecule has 0 unspecified atom stereocenters. The van der Waals surface area contributed by atoms with Gasteiger partial charge < -0.3 is 14.6 Å². The highest BCUT2D eigenvalue weighted by atomic mass is 32.1. The molecule has 122 valence electrons.